The summed E-state index contributed by atoms with van der Waals surface area (Å²) in [6.07, 6.45) is 1.62. The van der Waals surface area contributed by atoms with Crippen molar-refractivity contribution < 1.29 is 0 Å². The van der Waals surface area contributed by atoms with E-state index in [4.69, 9.17) is 0 Å². The number of fused-ring (bicyclic) bond motifs is 1. The molecule has 4 nitrogen and oxygen atoms in total. The van der Waals surface area contributed by atoms with E-state index < -0.39 is 0 Å². The summed E-state index contributed by atoms with van der Waals surface area (Å²) < 4.78 is 0. The smallest absolute Gasteiger partial charge is 0.209 e. The van der Waals surface area contributed by atoms with E-state index in [-0.39, 0.29) is 5.43 Å². The van der Waals surface area contributed by atoms with Crippen LogP contribution in [0.4, 0.5) is 5.82 Å². The minimum Gasteiger partial charge on any atom is -0.364 e. The first-order valence-electron chi connectivity index (χ1n) is 4.34. The number of hydrogen-bond acceptors (Lipinski definition) is 3. The molecule has 0 fully saturated rings. The largest absolute Gasteiger partial charge is 0.364 e. The number of rotatable bonds is 1. The standard InChI is InChI=1S/C10H11N3O/c1-13(2)9-6-8(14)10-7(12-9)4-3-5-11-10/h3-6H,1-2H3,(H,12,14). The first-order chi connectivity index (χ1) is 6.68. The van der Waals surface area contributed by atoms with Crippen LogP contribution in [0.1, 0.15) is 0 Å². The highest BCUT2D eigenvalue weighted by Crippen LogP contribution is 2.09. The highest BCUT2D eigenvalue weighted by Gasteiger charge is 2.02. The van der Waals surface area contributed by atoms with Gasteiger partial charge in [0.2, 0.25) is 5.43 Å². The molecule has 0 atom stereocenters. The van der Waals surface area contributed by atoms with Gasteiger partial charge in [-0.15, -0.1) is 0 Å². The van der Waals surface area contributed by atoms with Gasteiger partial charge in [-0.2, -0.15) is 0 Å². The molecule has 0 radical (unpaired) electrons. The predicted molar refractivity (Wildman–Crippen MR) is 56.7 cm³/mol. The monoisotopic (exact) mass is 189 g/mol. The lowest BCUT2D eigenvalue weighted by atomic mass is 10.3. The first-order valence-corrected chi connectivity index (χ1v) is 4.34. The van der Waals surface area contributed by atoms with Crippen LogP contribution in [0.5, 0.6) is 0 Å². The number of nitrogens with one attached hydrogen (secondary N) is 1. The lowest BCUT2D eigenvalue weighted by molar-refractivity contribution is 1.08. The molecule has 2 rings (SSSR count). The fourth-order valence-corrected chi connectivity index (χ4v) is 1.31. The maximum atomic E-state index is 11.6. The summed E-state index contributed by atoms with van der Waals surface area (Å²) in [5.74, 6) is 0.788. The fraction of sp³-hybridized carbons (Fsp3) is 0.200. The molecule has 4 heteroatoms. The van der Waals surface area contributed by atoms with Gasteiger partial charge in [0, 0.05) is 26.4 Å². The number of nitrogens with zero attached hydrogens (tertiary/aromatic N) is 2. The van der Waals surface area contributed by atoms with Crippen LogP contribution in [0.3, 0.4) is 0 Å². The third kappa shape index (κ3) is 1.35. The van der Waals surface area contributed by atoms with Gasteiger partial charge in [-0.05, 0) is 12.1 Å². The summed E-state index contributed by atoms with van der Waals surface area (Å²) in [5.41, 5.74) is 1.20. The van der Waals surface area contributed by atoms with Crippen LogP contribution in [-0.2, 0) is 0 Å². The second kappa shape index (κ2) is 3.14. The van der Waals surface area contributed by atoms with Crippen molar-refractivity contribution in [1.82, 2.24) is 9.97 Å². The van der Waals surface area contributed by atoms with Crippen LogP contribution in [-0.4, -0.2) is 24.1 Å². The molecular weight excluding hydrogens is 178 g/mol. The molecule has 0 aliphatic rings. The van der Waals surface area contributed by atoms with Crippen molar-refractivity contribution in [3.63, 3.8) is 0 Å². The zero-order chi connectivity index (χ0) is 10.1. The van der Waals surface area contributed by atoms with Crippen molar-refractivity contribution in [2.45, 2.75) is 0 Å². The molecule has 0 aromatic carbocycles. The Morgan fingerprint density at radius 2 is 2.21 bits per heavy atom. The molecule has 2 heterocycles. The van der Waals surface area contributed by atoms with Crippen molar-refractivity contribution in [2.75, 3.05) is 19.0 Å². The molecule has 14 heavy (non-hydrogen) atoms. The Kier molecular flexibility index (Phi) is 1.96. The van der Waals surface area contributed by atoms with E-state index >= 15 is 0 Å². The average molecular weight is 189 g/mol. The van der Waals surface area contributed by atoms with Gasteiger partial charge in [0.1, 0.15) is 11.3 Å². The van der Waals surface area contributed by atoms with E-state index in [0.29, 0.717) is 5.52 Å². The number of aromatic amines is 1. The maximum absolute atomic E-state index is 11.6. The lowest BCUT2D eigenvalue weighted by Gasteiger charge is -2.12. The Morgan fingerprint density at radius 1 is 1.43 bits per heavy atom. The van der Waals surface area contributed by atoms with Crippen LogP contribution in [0.25, 0.3) is 11.0 Å². The summed E-state index contributed by atoms with van der Waals surface area (Å²) in [6, 6.07) is 5.20. The lowest BCUT2D eigenvalue weighted by Crippen LogP contribution is -2.14. The molecule has 0 unspecified atom stereocenters. The van der Waals surface area contributed by atoms with E-state index in [9.17, 15) is 4.79 Å². The third-order valence-electron chi connectivity index (χ3n) is 2.05. The van der Waals surface area contributed by atoms with Crippen molar-refractivity contribution in [1.29, 1.82) is 0 Å². The maximum Gasteiger partial charge on any atom is 0.209 e. The molecule has 0 saturated carbocycles. The van der Waals surface area contributed by atoms with Gasteiger partial charge in [-0.1, -0.05) is 0 Å². The number of hydrogen-bond donors (Lipinski definition) is 1. The third-order valence-corrected chi connectivity index (χ3v) is 2.05. The van der Waals surface area contributed by atoms with Gasteiger partial charge < -0.3 is 9.88 Å². The van der Waals surface area contributed by atoms with Crippen molar-refractivity contribution in [3.05, 3.63) is 34.6 Å². The molecule has 0 spiro atoms. The summed E-state index contributed by atoms with van der Waals surface area (Å²) in [5, 5.41) is 0. The van der Waals surface area contributed by atoms with Crippen molar-refractivity contribution >= 4 is 16.9 Å². The molecule has 2 aromatic rings. The topological polar surface area (TPSA) is 49.0 Å². The van der Waals surface area contributed by atoms with E-state index in [1.165, 1.54) is 0 Å². The Hall–Kier alpha value is -1.84. The van der Waals surface area contributed by atoms with Crippen molar-refractivity contribution in [2.24, 2.45) is 0 Å². The molecule has 0 amide bonds. The number of H-pyrrole nitrogens is 1. The van der Waals surface area contributed by atoms with E-state index in [1.54, 1.807) is 18.3 Å². The molecular formula is C10H11N3O. The minimum absolute atomic E-state index is 0.0527. The molecule has 0 bridgehead atoms. The minimum atomic E-state index is -0.0527. The quantitative estimate of drug-likeness (QED) is 0.727. The summed E-state index contributed by atoms with van der Waals surface area (Å²) in [7, 11) is 3.76. The van der Waals surface area contributed by atoms with Crippen LogP contribution >= 0.6 is 0 Å². The van der Waals surface area contributed by atoms with Gasteiger partial charge in [0.15, 0.2) is 0 Å². The molecule has 0 aliphatic heterocycles. The Morgan fingerprint density at radius 3 is 2.93 bits per heavy atom. The SMILES string of the molecule is CN(C)c1cc(=O)c2ncccc2[nH]1. The number of aromatic nitrogens is 2. The van der Waals surface area contributed by atoms with Crippen LogP contribution in [0.2, 0.25) is 0 Å². The Bertz CT molecular complexity index is 516. The average Bonchev–Trinajstić information content (AvgIpc) is 2.17. The molecule has 2 aromatic heterocycles. The van der Waals surface area contributed by atoms with E-state index in [2.05, 4.69) is 9.97 Å². The summed E-state index contributed by atoms with van der Waals surface area (Å²) in [6.45, 7) is 0. The van der Waals surface area contributed by atoms with Crippen LogP contribution in [0.15, 0.2) is 29.2 Å². The highest BCUT2D eigenvalue weighted by atomic mass is 16.1. The molecule has 0 saturated heterocycles. The van der Waals surface area contributed by atoms with E-state index in [0.717, 1.165) is 11.3 Å². The highest BCUT2D eigenvalue weighted by molar-refractivity contribution is 5.75. The second-order valence-electron chi connectivity index (χ2n) is 3.31. The van der Waals surface area contributed by atoms with Gasteiger partial charge in [0.05, 0.1) is 5.52 Å². The van der Waals surface area contributed by atoms with Gasteiger partial charge in [0.25, 0.3) is 0 Å². The number of pyridine rings is 2. The molecule has 1 N–H and O–H groups in total. The normalized spacial score (nSPS) is 10.4. The Labute approximate surface area is 81.2 Å². The predicted octanol–water partition coefficient (Wildman–Crippen LogP) is 0.989. The summed E-state index contributed by atoms with van der Waals surface area (Å²) >= 11 is 0. The van der Waals surface area contributed by atoms with Gasteiger partial charge in [-0.3, -0.25) is 9.78 Å². The molecule has 72 valence electrons. The number of anilines is 1. The van der Waals surface area contributed by atoms with Crippen LogP contribution in [0, 0.1) is 0 Å². The van der Waals surface area contributed by atoms with Crippen LogP contribution < -0.4 is 10.3 Å². The molecule has 0 aliphatic carbocycles. The first kappa shape index (κ1) is 8.74. The van der Waals surface area contributed by atoms with Gasteiger partial charge in [-0.25, -0.2) is 0 Å². The van der Waals surface area contributed by atoms with Gasteiger partial charge >= 0.3 is 0 Å². The second-order valence-corrected chi connectivity index (χ2v) is 3.31. The zero-order valence-corrected chi connectivity index (χ0v) is 8.11. The van der Waals surface area contributed by atoms with E-state index in [1.807, 2.05) is 25.1 Å². The Balaban J connectivity index is 2.79. The fourth-order valence-electron chi connectivity index (χ4n) is 1.31. The zero-order valence-electron chi connectivity index (χ0n) is 8.11. The summed E-state index contributed by atoms with van der Waals surface area (Å²) in [4.78, 5) is 20.6. The van der Waals surface area contributed by atoms with Crippen molar-refractivity contribution in [3.8, 4) is 0 Å².